The Morgan fingerprint density at radius 2 is 1.79 bits per heavy atom. The summed E-state index contributed by atoms with van der Waals surface area (Å²) in [5.41, 5.74) is 1.51. The van der Waals surface area contributed by atoms with Crippen molar-refractivity contribution in [2.45, 2.75) is 33.1 Å². The van der Waals surface area contributed by atoms with E-state index in [1.807, 2.05) is 0 Å². The number of rotatable bonds is 8. The molecule has 0 spiro atoms. The first-order valence-corrected chi connectivity index (χ1v) is 10.2. The van der Waals surface area contributed by atoms with E-state index in [1.54, 1.807) is 49.4 Å². The van der Waals surface area contributed by atoms with Crippen LogP contribution in [0, 0.1) is 0 Å². The van der Waals surface area contributed by atoms with Gasteiger partial charge in [-0.2, -0.15) is 0 Å². The van der Waals surface area contributed by atoms with E-state index in [0.29, 0.717) is 40.7 Å². The smallest absolute Gasteiger partial charge is 0.257 e. The van der Waals surface area contributed by atoms with E-state index in [0.717, 1.165) is 12.8 Å². The molecular formula is C21H24ClN3O3S. The van der Waals surface area contributed by atoms with Gasteiger partial charge in [-0.15, -0.1) is 0 Å². The van der Waals surface area contributed by atoms with Crippen molar-refractivity contribution in [2.24, 2.45) is 0 Å². The Morgan fingerprint density at radius 1 is 1.07 bits per heavy atom. The number of ether oxygens (including phenoxy) is 1. The van der Waals surface area contributed by atoms with Gasteiger partial charge in [0.1, 0.15) is 5.75 Å². The summed E-state index contributed by atoms with van der Waals surface area (Å²) < 4.78 is 5.59. The summed E-state index contributed by atoms with van der Waals surface area (Å²) in [6.07, 6.45) is 2.40. The molecule has 0 bridgehead atoms. The Labute approximate surface area is 181 Å². The molecule has 0 heterocycles. The third kappa shape index (κ3) is 7.36. The summed E-state index contributed by atoms with van der Waals surface area (Å²) in [6, 6.07) is 11.8. The Morgan fingerprint density at radius 3 is 2.45 bits per heavy atom. The molecule has 0 aliphatic heterocycles. The average Bonchev–Trinajstić information content (AvgIpc) is 2.71. The van der Waals surface area contributed by atoms with Gasteiger partial charge in [0, 0.05) is 17.7 Å². The van der Waals surface area contributed by atoms with Crippen LogP contribution in [0.25, 0.3) is 0 Å². The molecule has 0 saturated heterocycles. The molecule has 2 aromatic carbocycles. The topological polar surface area (TPSA) is 79.5 Å². The number of hydrogen-bond acceptors (Lipinski definition) is 4. The summed E-state index contributed by atoms with van der Waals surface area (Å²) in [4.78, 5) is 23.9. The summed E-state index contributed by atoms with van der Waals surface area (Å²) >= 11 is 11.4. The molecule has 3 N–H and O–H groups in total. The van der Waals surface area contributed by atoms with Crippen molar-refractivity contribution in [3.8, 4) is 5.75 Å². The summed E-state index contributed by atoms with van der Waals surface area (Å²) in [5, 5.41) is 8.74. The van der Waals surface area contributed by atoms with Gasteiger partial charge in [0.05, 0.1) is 17.3 Å². The zero-order chi connectivity index (χ0) is 21.2. The van der Waals surface area contributed by atoms with Crippen molar-refractivity contribution in [1.29, 1.82) is 0 Å². The van der Waals surface area contributed by atoms with Crippen molar-refractivity contribution in [1.82, 2.24) is 5.32 Å². The molecule has 29 heavy (non-hydrogen) atoms. The van der Waals surface area contributed by atoms with Gasteiger partial charge in [-0.05, 0) is 61.1 Å². The number of carbonyl (C=O) groups is 2. The van der Waals surface area contributed by atoms with Crippen molar-refractivity contribution >= 4 is 52.1 Å². The van der Waals surface area contributed by atoms with Crippen molar-refractivity contribution in [2.75, 3.05) is 17.2 Å². The number of anilines is 2. The second-order valence-electron chi connectivity index (χ2n) is 6.23. The second-order valence-corrected chi connectivity index (χ2v) is 7.05. The predicted octanol–water partition coefficient (Wildman–Crippen LogP) is 4.99. The first kappa shape index (κ1) is 22.6. The average molecular weight is 434 g/mol. The molecule has 0 aliphatic carbocycles. The van der Waals surface area contributed by atoms with Gasteiger partial charge in [0.15, 0.2) is 5.11 Å². The number of benzene rings is 2. The summed E-state index contributed by atoms with van der Waals surface area (Å²) in [7, 11) is 0. The van der Waals surface area contributed by atoms with Gasteiger partial charge in [0.25, 0.3) is 5.91 Å². The van der Waals surface area contributed by atoms with Crippen molar-refractivity contribution < 1.29 is 14.3 Å². The number of hydrogen-bond donors (Lipinski definition) is 3. The molecule has 154 valence electrons. The first-order valence-electron chi connectivity index (χ1n) is 9.37. The minimum absolute atomic E-state index is 0.0964. The van der Waals surface area contributed by atoms with Crippen LogP contribution < -0.4 is 20.7 Å². The lowest BCUT2D eigenvalue weighted by molar-refractivity contribution is -0.115. The largest absolute Gasteiger partial charge is 0.494 e. The van der Waals surface area contributed by atoms with Crippen LogP contribution >= 0.6 is 23.8 Å². The molecular weight excluding hydrogens is 410 g/mol. The molecule has 0 unspecified atom stereocenters. The van der Waals surface area contributed by atoms with Crippen LogP contribution in [-0.2, 0) is 4.79 Å². The van der Waals surface area contributed by atoms with E-state index in [1.165, 1.54) is 0 Å². The molecule has 8 heteroatoms. The molecule has 0 radical (unpaired) electrons. The predicted molar refractivity (Wildman–Crippen MR) is 121 cm³/mol. The van der Waals surface area contributed by atoms with Crippen molar-refractivity contribution in [3.05, 3.63) is 53.1 Å². The lowest BCUT2D eigenvalue weighted by Gasteiger charge is -2.13. The number of halogens is 1. The van der Waals surface area contributed by atoms with E-state index in [9.17, 15) is 9.59 Å². The highest BCUT2D eigenvalue weighted by molar-refractivity contribution is 7.80. The van der Waals surface area contributed by atoms with Gasteiger partial charge < -0.3 is 15.4 Å². The molecule has 0 aromatic heterocycles. The molecule has 2 rings (SSSR count). The molecule has 0 aliphatic rings. The SMILES string of the molecule is CCCCOc1ccc(C(=O)NC(=S)Nc2cc(NC(=O)CC)ccc2Cl)cc1. The lowest BCUT2D eigenvalue weighted by atomic mass is 10.2. The monoisotopic (exact) mass is 433 g/mol. The fourth-order valence-corrected chi connectivity index (χ4v) is 2.68. The van der Waals surface area contributed by atoms with Gasteiger partial charge >= 0.3 is 0 Å². The maximum atomic E-state index is 12.4. The normalized spacial score (nSPS) is 10.2. The van der Waals surface area contributed by atoms with Gasteiger partial charge in [0.2, 0.25) is 5.91 Å². The Kier molecular flexibility index (Phi) is 8.89. The third-order valence-electron chi connectivity index (χ3n) is 3.93. The number of thiocarbonyl (C=S) groups is 1. The summed E-state index contributed by atoms with van der Waals surface area (Å²) in [5.74, 6) is 0.249. The molecule has 0 saturated carbocycles. The van der Waals surface area contributed by atoms with E-state index < -0.39 is 0 Å². The Balaban J connectivity index is 1.95. The highest BCUT2D eigenvalue weighted by atomic mass is 35.5. The first-order chi connectivity index (χ1) is 13.9. The van der Waals surface area contributed by atoms with E-state index in [4.69, 9.17) is 28.6 Å². The van der Waals surface area contributed by atoms with Crippen LogP contribution in [0.2, 0.25) is 5.02 Å². The number of amides is 2. The zero-order valence-corrected chi connectivity index (χ0v) is 18.0. The summed E-state index contributed by atoms with van der Waals surface area (Å²) in [6.45, 7) is 4.51. The van der Waals surface area contributed by atoms with Gasteiger partial charge in [-0.1, -0.05) is 31.9 Å². The molecule has 0 fully saturated rings. The highest BCUT2D eigenvalue weighted by Gasteiger charge is 2.11. The van der Waals surface area contributed by atoms with E-state index in [-0.39, 0.29) is 16.9 Å². The van der Waals surface area contributed by atoms with Crippen LogP contribution in [0.4, 0.5) is 11.4 Å². The molecule has 2 amide bonds. The highest BCUT2D eigenvalue weighted by Crippen LogP contribution is 2.25. The standard InChI is InChI=1S/C21H24ClN3O3S/c1-3-5-12-28-16-9-6-14(7-10-16)20(27)25-21(29)24-18-13-15(8-11-17(18)22)23-19(26)4-2/h6-11,13H,3-5,12H2,1-2H3,(H,23,26)(H2,24,25,27,29). The minimum atomic E-state index is -0.353. The van der Waals surface area contributed by atoms with E-state index in [2.05, 4.69) is 22.9 Å². The molecule has 2 aromatic rings. The minimum Gasteiger partial charge on any atom is -0.494 e. The lowest BCUT2D eigenvalue weighted by Crippen LogP contribution is -2.34. The van der Waals surface area contributed by atoms with Crippen LogP contribution in [0.1, 0.15) is 43.5 Å². The van der Waals surface area contributed by atoms with Crippen molar-refractivity contribution in [3.63, 3.8) is 0 Å². The third-order valence-corrected chi connectivity index (χ3v) is 4.46. The molecule has 0 atom stereocenters. The maximum Gasteiger partial charge on any atom is 0.257 e. The molecule has 6 nitrogen and oxygen atoms in total. The Bertz CT molecular complexity index is 872. The quantitative estimate of drug-likeness (QED) is 0.403. The Hall–Kier alpha value is -2.64. The maximum absolute atomic E-state index is 12.4. The number of carbonyl (C=O) groups excluding carboxylic acids is 2. The van der Waals surface area contributed by atoms with Crippen LogP contribution in [0.5, 0.6) is 5.75 Å². The fourth-order valence-electron chi connectivity index (χ4n) is 2.31. The van der Waals surface area contributed by atoms with Crippen LogP contribution in [0.3, 0.4) is 0 Å². The fraction of sp³-hybridized carbons (Fsp3) is 0.286. The van der Waals surface area contributed by atoms with E-state index >= 15 is 0 Å². The number of unbranched alkanes of at least 4 members (excludes halogenated alkanes) is 1. The zero-order valence-electron chi connectivity index (χ0n) is 16.4. The van der Waals surface area contributed by atoms with Gasteiger partial charge in [-0.25, -0.2) is 0 Å². The second kappa shape index (κ2) is 11.4. The van der Waals surface area contributed by atoms with Crippen LogP contribution in [0.15, 0.2) is 42.5 Å². The van der Waals surface area contributed by atoms with Gasteiger partial charge in [-0.3, -0.25) is 14.9 Å². The number of nitrogens with one attached hydrogen (secondary N) is 3. The van der Waals surface area contributed by atoms with Crippen LogP contribution in [-0.4, -0.2) is 23.5 Å².